The molecule has 3 fully saturated rings. The average Bonchev–Trinajstić information content (AvgIpc) is 2.78. The van der Waals surface area contributed by atoms with E-state index < -0.39 is 11.5 Å². The predicted octanol–water partition coefficient (Wildman–Crippen LogP) is 1.81. The van der Waals surface area contributed by atoms with Gasteiger partial charge in [-0.3, -0.25) is 4.79 Å². The molecule has 1 amide bonds. The molecule has 1 saturated carbocycles. The minimum Gasteiger partial charge on any atom is -0.480 e. The highest BCUT2D eigenvalue weighted by Crippen LogP contribution is 2.33. The monoisotopic (exact) mass is 294 g/mol. The molecule has 2 bridgehead atoms. The van der Waals surface area contributed by atoms with Gasteiger partial charge in [0.15, 0.2) is 0 Å². The molecule has 5 heteroatoms. The summed E-state index contributed by atoms with van der Waals surface area (Å²) in [5.41, 5.74) is -0.999. The molecule has 3 rings (SSSR count). The largest absolute Gasteiger partial charge is 0.480 e. The number of piperidine rings is 1. The summed E-state index contributed by atoms with van der Waals surface area (Å²) in [7, 11) is 0. The first-order valence-corrected chi connectivity index (χ1v) is 8.38. The van der Waals surface area contributed by atoms with E-state index in [1.807, 2.05) is 0 Å². The highest BCUT2D eigenvalue weighted by atomic mass is 16.4. The van der Waals surface area contributed by atoms with Crippen molar-refractivity contribution in [1.82, 2.24) is 10.6 Å². The van der Waals surface area contributed by atoms with Gasteiger partial charge in [-0.05, 0) is 44.4 Å². The van der Waals surface area contributed by atoms with E-state index in [1.165, 1.54) is 12.8 Å². The van der Waals surface area contributed by atoms with Crippen LogP contribution in [0.2, 0.25) is 0 Å². The summed E-state index contributed by atoms with van der Waals surface area (Å²) in [6.07, 6.45) is 9.06. The van der Waals surface area contributed by atoms with E-state index in [0.29, 0.717) is 37.3 Å². The van der Waals surface area contributed by atoms with Gasteiger partial charge in [0.2, 0.25) is 5.91 Å². The SMILES string of the molecule is O=C(CC1CC2CCC(C1)N2)NC1(C(=O)O)CCCCC1. The molecule has 1 aliphatic carbocycles. The Balaban J connectivity index is 1.56. The fraction of sp³-hybridized carbons (Fsp3) is 0.875. The van der Waals surface area contributed by atoms with Crippen LogP contribution in [0.15, 0.2) is 0 Å². The Labute approximate surface area is 125 Å². The van der Waals surface area contributed by atoms with Crippen LogP contribution in [0.4, 0.5) is 0 Å². The molecule has 2 saturated heterocycles. The van der Waals surface area contributed by atoms with E-state index in [-0.39, 0.29) is 5.91 Å². The molecule has 2 atom stereocenters. The van der Waals surface area contributed by atoms with Crippen LogP contribution in [0.25, 0.3) is 0 Å². The van der Waals surface area contributed by atoms with Crippen molar-refractivity contribution in [3.63, 3.8) is 0 Å². The number of carbonyl (C=O) groups excluding carboxylic acids is 1. The molecule has 5 nitrogen and oxygen atoms in total. The third-order valence-corrected chi connectivity index (χ3v) is 5.54. The number of rotatable bonds is 4. The third kappa shape index (κ3) is 3.23. The summed E-state index contributed by atoms with van der Waals surface area (Å²) in [6, 6.07) is 1.15. The van der Waals surface area contributed by atoms with Crippen LogP contribution in [0.3, 0.4) is 0 Å². The maximum Gasteiger partial charge on any atom is 0.329 e. The van der Waals surface area contributed by atoms with E-state index in [4.69, 9.17) is 0 Å². The van der Waals surface area contributed by atoms with Gasteiger partial charge in [0.05, 0.1) is 0 Å². The second-order valence-electron chi connectivity index (χ2n) is 7.18. The first-order chi connectivity index (χ1) is 10.1. The standard InChI is InChI=1S/C16H26N2O3/c19-14(10-11-8-12-4-5-13(9-11)17-12)18-16(15(20)21)6-2-1-3-7-16/h11-13,17H,1-10H2,(H,18,19)(H,20,21). The molecule has 21 heavy (non-hydrogen) atoms. The minimum atomic E-state index is -0.999. The third-order valence-electron chi connectivity index (χ3n) is 5.54. The van der Waals surface area contributed by atoms with Gasteiger partial charge in [-0.2, -0.15) is 0 Å². The average molecular weight is 294 g/mol. The smallest absolute Gasteiger partial charge is 0.329 e. The van der Waals surface area contributed by atoms with Crippen molar-refractivity contribution in [2.45, 2.75) is 81.8 Å². The number of nitrogens with one attached hydrogen (secondary N) is 2. The van der Waals surface area contributed by atoms with Crippen LogP contribution >= 0.6 is 0 Å². The second-order valence-corrected chi connectivity index (χ2v) is 7.18. The summed E-state index contributed by atoms with van der Waals surface area (Å²) in [5.74, 6) is -0.510. The van der Waals surface area contributed by atoms with Gasteiger partial charge in [-0.15, -0.1) is 0 Å². The number of aliphatic carboxylic acids is 1. The molecular weight excluding hydrogens is 268 g/mol. The number of carboxylic acid groups (broad SMARTS) is 1. The Morgan fingerprint density at radius 3 is 2.29 bits per heavy atom. The van der Waals surface area contributed by atoms with Gasteiger partial charge in [0, 0.05) is 18.5 Å². The Morgan fingerprint density at radius 2 is 1.71 bits per heavy atom. The molecule has 0 aromatic carbocycles. The fourth-order valence-corrected chi connectivity index (χ4v) is 4.47. The lowest BCUT2D eigenvalue weighted by molar-refractivity contribution is -0.149. The summed E-state index contributed by atoms with van der Waals surface area (Å²) in [6.45, 7) is 0. The van der Waals surface area contributed by atoms with E-state index in [9.17, 15) is 14.7 Å². The number of hydrogen-bond donors (Lipinski definition) is 3. The first-order valence-electron chi connectivity index (χ1n) is 8.38. The van der Waals surface area contributed by atoms with Crippen molar-refractivity contribution in [2.75, 3.05) is 0 Å². The number of amides is 1. The summed E-state index contributed by atoms with van der Waals surface area (Å²) < 4.78 is 0. The molecule has 118 valence electrons. The van der Waals surface area contributed by atoms with Crippen LogP contribution in [-0.2, 0) is 9.59 Å². The maximum atomic E-state index is 12.3. The van der Waals surface area contributed by atoms with Crippen molar-refractivity contribution in [1.29, 1.82) is 0 Å². The quantitative estimate of drug-likeness (QED) is 0.739. The maximum absolute atomic E-state index is 12.3. The zero-order valence-electron chi connectivity index (χ0n) is 12.6. The minimum absolute atomic E-state index is 0.0643. The molecule has 3 aliphatic rings. The Morgan fingerprint density at radius 1 is 1.10 bits per heavy atom. The van der Waals surface area contributed by atoms with Crippen molar-refractivity contribution in [3.8, 4) is 0 Å². The lowest BCUT2D eigenvalue weighted by Gasteiger charge is -2.35. The van der Waals surface area contributed by atoms with E-state index in [0.717, 1.165) is 32.1 Å². The van der Waals surface area contributed by atoms with E-state index in [2.05, 4.69) is 10.6 Å². The summed E-state index contributed by atoms with van der Waals surface area (Å²) >= 11 is 0. The summed E-state index contributed by atoms with van der Waals surface area (Å²) in [5, 5.41) is 16.0. The van der Waals surface area contributed by atoms with Crippen molar-refractivity contribution < 1.29 is 14.7 Å². The topological polar surface area (TPSA) is 78.4 Å². The fourth-order valence-electron chi connectivity index (χ4n) is 4.47. The molecule has 0 radical (unpaired) electrons. The first kappa shape index (κ1) is 14.8. The molecule has 3 N–H and O–H groups in total. The van der Waals surface area contributed by atoms with Gasteiger partial charge >= 0.3 is 5.97 Å². The van der Waals surface area contributed by atoms with Crippen molar-refractivity contribution in [2.24, 2.45) is 5.92 Å². The van der Waals surface area contributed by atoms with E-state index >= 15 is 0 Å². The second kappa shape index (κ2) is 5.95. The highest BCUT2D eigenvalue weighted by Gasteiger charge is 2.41. The molecule has 2 unspecified atom stereocenters. The van der Waals surface area contributed by atoms with Gasteiger partial charge in [-0.25, -0.2) is 4.79 Å². The van der Waals surface area contributed by atoms with Crippen molar-refractivity contribution in [3.05, 3.63) is 0 Å². The van der Waals surface area contributed by atoms with Crippen molar-refractivity contribution >= 4 is 11.9 Å². The van der Waals surface area contributed by atoms with Gasteiger partial charge < -0.3 is 15.7 Å². The number of carbonyl (C=O) groups is 2. The van der Waals surface area contributed by atoms with Crippen LogP contribution in [0, 0.1) is 5.92 Å². The van der Waals surface area contributed by atoms with Gasteiger partial charge in [-0.1, -0.05) is 19.3 Å². The molecule has 0 aromatic rings. The van der Waals surface area contributed by atoms with Crippen LogP contribution in [-0.4, -0.2) is 34.6 Å². The van der Waals surface area contributed by atoms with E-state index in [1.54, 1.807) is 0 Å². The van der Waals surface area contributed by atoms with Gasteiger partial charge in [0.1, 0.15) is 5.54 Å². The van der Waals surface area contributed by atoms with Crippen LogP contribution in [0.5, 0.6) is 0 Å². The highest BCUT2D eigenvalue weighted by molar-refractivity contribution is 5.87. The number of carboxylic acids is 1. The Kier molecular flexibility index (Phi) is 4.20. The van der Waals surface area contributed by atoms with Crippen LogP contribution in [0.1, 0.15) is 64.2 Å². The molecule has 2 aliphatic heterocycles. The summed E-state index contributed by atoms with van der Waals surface area (Å²) in [4.78, 5) is 23.9. The number of fused-ring (bicyclic) bond motifs is 2. The predicted molar refractivity (Wildman–Crippen MR) is 78.9 cm³/mol. The Hall–Kier alpha value is -1.10. The normalized spacial score (nSPS) is 34.4. The zero-order valence-corrected chi connectivity index (χ0v) is 12.6. The molecule has 0 aromatic heterocycles. The van der Waals surface area contributed by atoms with Crippen LogP contribution < -0.4 is 10.6 Å². The lowest BCUT2D eigenvalue weighted by atomic mass is 9.81. The van der Waals surface area contributed by atoms with Gasteiger partial charge in [0.25, 0.3) is 0 Å². The number of hydrogen-bond acceptors (Lipinski definition) is 3. The lowest BCUT2D eigenvalue weighted by Crippen LogP contribution is -2.56. The zero-order chi connectivity index (χ0) is 14.9. The molecular formula is C16H26N2O3. The molecule has 2 heterocycles. The molecule has 0 spiro atoms. The Bertz CT molecular complexity index is 406.